The molecule has 1 aliphatic rings. The highest BCUT2D eigenvalue weighted by Crippen LogP contribution is 2.28. The van der Waals surface area contributed by atoms with Crippen molar-refractivity contribution in [2.75, 3.05) is 23.7 Å². The van der Waals surface area contributed by atoms with Crippen molar-refractivity contribution < 1.29 is 4.79 Å². The van der Waals surface area contributed by atoms with E-state index in [2.05, 4.69) is 14.9 Å². The maximum atomic E-state index is 11.4. The van der Waals surface area contributed by atoms with E-state index < -0.39 is 0 Å². The number of amides is 1. The maximum Gasteiger partial charge on any atom is 0.222 e. The van der Waals surface area contributed by atoms with Gasteiger partial charge in [-0.05, 0) is 19.8 Å². The van der Waals surface area contributed by atoms with Gasteiger partial charge in [0.2, 0.25) is 5.91 Å². The summed E-state index contributed by atoms with van der Waals surface area (Å²) in [5.74, 6) is 1.96. The zero-order valence-electron chi connectivity index (χ0n) is 12.4. The average molecular weight is 277 g/mol. The molecule has 0 bridgehead atoms. The van der Waals surface area contributed by atoms with Gasteiger partial charge in [-0.2, -0.15) is 0 Å². The van der Waals surface area contributed by atoms with E-state index in [-0.39, 0.29) is 17.7 Å². The highest BCUT2D eigenvalue weighted by Gasteiger charge is 2.26. The predicted molar refractivity (Wildman–Crippen MR) is 79.4 cm³/mol. The minimum Gasteiger partial charge on any atom is -0.383 e. The molecule has 1 aliphatic heterocycles. The van der Waals surface area contributed by atoms with Gasteiger partial charge in [0, 0.05) is 24.6 Å². The number of rotatable bonds is 3. The predicted octanol–water partition coefficient (Wildman–Crippen LogP) is 1.19. The zero-order valence-corrected chi connectivity index (χ0v) is 12.4. The molecule has 6 nitrogen and oxygen atoms in total. The van der Waals surface area contributed by atoms with Crippen LogP contribution in [0.25, 0.3) is 0 Å². The number of hydrogen-bond donors (Lipinski definition) is 2. The van der Waals surface area contributed by atoms with Gasteiger partial charge >= 0.3 is 0 Å². The van der Waals surface area contributed by atoms with Crippen molar-refractivity contribution in [2.45, 2.75) is 39.5 Å². The zero-order chi connectivity index (χ0) is 14.9. The second-order valence-corrected chi connectivity index (χ2v) is 5.76. The number of nitrogen functional groups attached to an aromatic ring is 1. The van der Waals surface area contributed by atoms with Crippen molar-refractivity contribution in [2.24, 2.45) is 11.7 Å². The third kappa shape index (κ3) is 2.84. The Labute approximate surface area is 119 Å². The Morgan fingerprint density at radius 2 is 2.10 bits per heavy atom. The second-order valence-electron chi connectivity index (χ2n) is 5.76. The smallest absolute Gasteiger partial charge is 0.222 e. The number of carbonyl (C=O) groups excluding carboxylic acids is 1. The normalized spacial score (nSPS) is 19.4. The Balaban J connectivity index is 2.33. The topological polar surface area (TPSA) is 98.1 Å². The third-order valence-corrected chi connectivity index (χ3v) is 3.81. The molecule has 0 spiro atoms. The van der Waals surface area contributed by atoms with Crippen LogP contribution in [0.3, 0.4) is 0 Å². The first-order chi connectivity index (χ1) is 9.40. The molecule has 1 aromatic heterocycles. The van der Waals surface area contributed by atoms with Crippen LogP contribution >= 0.6 is 0 Å². The van der Waals surface area contributed by atoms with Gasteiger partial charge in [0.15, 0.2) is 0 Å². The Kier molecular flexibility index (Phi) is 4.11. The molecule has 0 radical (unpaired) electrons. The number of hydrogen-bond acceptors (Lipinski definition) is 5. The van der Waals surface area contributed by atoms with E-state index in [1.165, 1.54) is 0 Å². The lowest BCUT2D eigenvalue weighted by molar-refractivity contribution is -0.122. The Hall–Kier alpha value is -1.85. The summed E-state index contributed by atoms with van der Waals surface area (Å²) in [4.78, 5) is 22.5. The van der Waals surface area contributed by atoms with E-state index in [1.54, 1.807) is 0 Å². The summed E-state index contributed by atoms with van der Waals surface area (Å²) in [6.07, 6.45) is 1.79. The number of anilines is 2. The van der Waals surface area contributed by atoms with E-state index in [4.69, 9.17) is 11.5 Å². The third-order valence-electron chi connectivity index (χ3n) is 3.81. The van der Waals surface area contributed by atoms with E-state index in [9.17, 15) is 4.79 Å². The summed E-state index contributed by atoms with van der Waals surface area (Å²) in [6, 6.07) is 0. The minimum atomic E-state index is -0.238. The molecule has 4 N–H and O–H groups in total. The summed E-state index contributed by atoms with van der Waals surface area (Å²) >= 11 is 0. The van der Waals surface area contributed by atoms with Crippen LogP contribution in [0.15, 0.2) is 0 Å². The number of nitrogens with two attached hydrogens (primary N) is 2. The fourth-order valence-corrected chi connectivity index (χ4v) is 2.51. The van der Waals surface area contributed by atoms with Gasteiger partial charge in [0.05, 0.1) is 5.92 Å². The number of primary amides is 1. The lowest BCUT2D eigenvalue weighted by atomic mass is 9.97. The number of aromatic nitrogens is 2. The van der Waals surface area contributed by atoms with Crippen LogP contribution in [0.4, 0.5) is 11.6 Å². The van der Waals surface area contributed by atoms with Gasteiger partial charge in [0.25, 0.3) is 0 Å². The summed E-state index contributed by atoms with van der Waals surface area (Å²) in [7, 11) is 0. The van der Waals surface area contributed by atoms with Gasteiger partial charge in [0.1, 0.15) is 17.5 Å². The number of nitrogens with zero attached hydrogens (tertiary/aromatic N) is 3. The van der Waals surface area contributed by atoms with Crippen LogP contribution in [0.2, 0.25) is 0 Å². The van der Waals surface area contributed by atoms with Crippen molar-refractivity contribution in [3.8, 4) is 0 Å². The highest BCUT2D eigenvalue weighted by atomic mass is 16.1. The first-order valence-electron chi connectivity index (χ1n) is 7.08. The van der Waals surface area contributed by atoms with Crippen LogP contribution < -0.4 is 16.4 Å². The number of carbonyl (C=O) groups is 1. The van der Waals surface area contributed by atoms with Gasteiger partial charge in [-0.15, -0.1) is 0 Å². The van der Waals surface area contributed by atoms with Gasteiger partial charge in [-0.25, -0.2) is 9.97 Å². The molecule has 110 valence electrons. The molecule has 1 atom stereocenters. The van der Waals surface area contributed by atoms with E-state index in [1.807, 2.05) is 20.8 Å². The molecule has 2 rings (SSSR count). The van der Waals surface area contributed by atoms with E-state index >= 15 is 0 Å². The highest BCUT2D eigenvalue weighted by molar-refractivity contribution is 5.77. The van der Waals surface area contributed by atoms with Crippen molar-refractivity contribution in [3.05, 3.63) is 11.4 Å². The molecule has 20 heavy (non-hydrogen) atoms. The number of piperidine rings is 1. The Morgan fingerprint density at radius 3 is 2.70 bits per heavy atom. The first kappa shape index (κ1) is 14.6. The van der Waals surface area contributed by atoms with E-state index in [0.29, 0.717) is 12.4 Å². The SMILES string of the molecule is Cc1c(N)nc(C(C)C)nc1N1CCCC(C(N)=O)C1. The van der Waals surface area contributed by atoms with Crippen molar-refractivity contribution >= 4 is 17.5 Å². The fourth-order valence-electron chi connectivity index (χ4n) is 2.51. The molecule has 6 heteroatoms. The molecule has 0 aliphatic carbocycles. The standard InChI is InChI=1S/C14H23N5O/c1-8(2)13-17-11(15)9(3)14(18-13)19-6-4-5-10(7-19)12(16)20/h8,10H,4-7H2,1-3H3,(H2,16,20)(H2,15,17,18). The molecule has 1 fully saturated rings. The molecule has 1 saturated heterocycles. The van der Waals surface area contributed by atoms with Crippen molar-refractivity contribution in [3.63, 3.8) is 0 Å². The second kappa shape index (κ2) is 5.64. The molecular formula is C14H23N5O. The van der Waals surface area contributed by atoms with Crippen molar-refractivity contribution in [1.29, 1.82) is 0 Å². The largest absolute Gasteiger partial charge is 0.383 e. The fraction of sp³-hybridized carbons (Fsp3) is 0.643. The quantitative estimate of drug-likeness (QED) is 0.864. The first-order valence-corrected chi connectivity index (χ1v) is 7.08. The lowest BCUT2D eigenvalue weighted by Gasteiger charge is -2.33. The Bertz CT molecular complexity index is 515. The van der Waals surface area contributed by atoms with Gasteiger partial charge in [-0.1, -0.05) is 13.8 Å². The monoisotopic (exact) mass is 277 g/mol. The summed E-state index contributed by atoms with van der Waals surface area (Å²) in [6.45, 7) is 7.48. The molecule has 1 aromatic rings. The molecule has 1 unspecified atom stereocenters. The van der Waals surface area contributed by atoms with Crippen LogP contribution in [0.1, 0.15) is 44.0 Å². The molecule has 1 amide bonds. The average Bonchev–Trinajstić information content (AvgIpc) is 2.41. The van der Waals surface area contributed by atoms with Gasteiger partial charge < -0.3 is 16.4 Å². The molecule has 0 aromatic carbocycles. The maximum absolute atomic E-state index is 11.4. The van der Waals surface area contributed by atoms with Crippen molar-refractivity contribution in [1.82, 2.24) is 9.97 Å². The van der Waals surface area contributed by atoms with Crippen LogP contribution in [0, 0.1) is 12.8 Å². The summed E-state index contributed by atoms with van der Waals surface area (Å²) in [5, 5.41) is 0. The summed E-state index contributed by atoms with van der Waals surface area (Å²) in [5.41, 5.74) is 12.3. The molecule has 0 saturated carbocycles. The van der Waals surface area contributed by atoms with Crippen LogP contribution in [0.5, 0.6) is 0 Å². The minimum absolute atomic E-state index is 0.109. The summed E-state index contributed by atoms with van der Waals surface area (Å²) < 4.78 is 0. The molecular weight excluding hydrogens is 254 g/mol. The lowest BCUT2D eigenvalue weighted by Crippen LogP contribution is -2.42. The van der Waals surface area contributed by atoms with Crippen LogP contribution in [-0.2, 0) is 4.79 Å². The van der Waals surface area contributed by atoms with Crippen LogP contribution in [-0.4, -0.2) is 29.0 Å². The van der Waals surface area contributed by atoms with E-state index in [0.717, 1.165) is 36.6 Å². The van der Waals surface area contributed by atoms with Gasteiger partial charge in [-0.3, -0.25) is 4.79 Å². The molecule has 2 heterocycles. The Morgan fingerprint density at radius 1 is 1.40 bits per heavy atom.